The largest absolute Gasteiger partial charge is 0.463 e. The number of urea groups is 1. The van der Waals surface area contributed by atoms with E-state index in [1.807, 2.05) is 0 Å². The molecule has 0 aliphatic carbocycles. The molecule has 0 aromatic heterocycles. The maximum absolute atomic E-state index is 11.1. The summed E-state index contributed by atoms with van der Waals surface area (Å²) in [4.78, 5) is 21.8. The second-order valence-corrected chi connectivity index (χ2v) is 3.39. The molecule has 0 bridgehead atoms. The van der Waals surface area contributed by atoms with Gasteiger partial charge in [-0.1, -0.05) is 4.91 Å². The van der Waals surface area contributed by atoms with Gasteiger partial charge in [0.05, 0.1) is 12.4 Å². The molecule has 0 fully saturated rings. The van der Waals surface area contributed by atoms with E-state index in [2.05, 4.69) is 5.29 Å². The van der Waals surface area contributed by atoms with Crippen molar-refractivity contribution in [1.82, 2.24) is 5.01 Å². The Bertz CT molecular complexity index is 216. The lowest BCUT2D eigenvalue weighted by molar-refractivity contribution is -0.968. The van der Waals surface area contributed by atoms with E-state index < -0.39 is 10.7 Å². The van der Waals surface area contributed by atoms with Gasteiger partial charge in [0, 0.05) is 12.9 Å². The van der Waals surface area contributed by atoms with Crippen molar-refractivity contribution in [3.05, 3.63) is 4.91 Å². The minimum atomic E-state index is -0.867. The Hall–Kier alpha value is -0.430. The molecule has 6 nitrogen and oxygen atoms in total. The monoisotopic (exact) mass is 243 g/mol. The van der Waals surface area contributed by atoms with Gasteiger partial charge in [-0.15, -0.1) is 28.2 Å². The van der Waals surface area contributed by atoms with Crippen molar-refractivity contribution in [3.8, 4) is 0 Å². The molecule has 0 aromatic carbocycles. The molecule has 0 radical (unpaired) electrons. The van der Waals surface area contributed by atoms with Gasteiger partial charge in [0.2, 0.25) is 0 Å². The molecule has 8 heteroatoms. The second-order valence-electron chi connectivity index (χ2n) is 2.63. The standard InChI is InChI=1S/C6H12Cl2N4O2/c1-11(4-2-7)12(10-14,5-3-8)6(9)13/h2-5H2,1H3,(H-,9,13)/p+1. The van der Waals surface area contributed by atoms with Gasteiger partial charge >= 0.3 is 6.03 Å². The second kappa shape index (κ2) is 6.13. The third-order valence-electron chi connectivity index (χ3n) is 1.86. The van der Waals surface area contributed by atoms with E-state index in [-0.39, 0.29) is 18.3 Å². The number of primary amides is 1. The fraction of sp³-hybridized carbons (Fsp3) is 0.833. The highest BCUT2D eigenvalue weighted by Gasteiger charge is 2.42. The number of hydrogen-bond donors (Lipinski definition) is 1. The van der Waals surface area contributed by atoms with E-state index in [9.17, 15) is 9.70 Å². The minimum Gasteiger partial charge on any atom is -0.315 e. The average molecular weight is 244 g/mol. The van der Waals surface area contributed by atoms with E-state index >= 15 is 0 Å². The van der Waals surface area contributed by atoms with Gasteiger partial charge in [-0.05, 0) is 4.70 Å². The number of rotatable bonds is 6. The van der Waals surface area contributed by atoms with E-state index in [1.54, 1.807) is 0 Å². The van der Waals surface area contributed by atoms with Crippen molar-refractivity contribution in [2.24, 2.45) is 11.0 Å². The van der Waals surface area contributed by atoms with Crippen molar-refractivity contribution in [3.63, 3.8) is 0 Å². The summed E-state index contributed by atoms with van der Waals surface area (Å²) in [5.41, 5.74) is 5.10. The predicted octanol–water partition coefficient (Wildman–Crippen LogP) is 0.888. The van der Waals surface area contributed by atoms with Crippen LogP contribution >= 0.6 is 23.2 Å². The first-order valence-corrected chi connectivity index (χ1v) is 4.98. The number of carbonyl (C=O) groups excluding carboxylic acids is 1. The molecule has 0 saturated carbocycles. The van der Waals surface area contributed by atoms with Crippen molar-refractivity contribution < 1.29 is 9.50 Å². The summed E-state index contributed by atoms with van der Waals surface area (Å²) in [7, 11) is 1.53. The summed E-state index contributed by atoms with van der Waals surface area (Å²) in [6.07, 6.45) is 0. The molecule has 2 N–H and O–H groups in total. The fourth-order valence-corrected chi connectivity index (χ4v) is 1.48. The van der Waals surface area contributed by atoms with Crippen molar-refractivity contribution in [1.29, 1.82) is 0 Å². The third-order valence-corrected chi connectivity index (χ3v) is 2.20. The van der Waals surface area contributed by atoms with Crippen molar-refractivity contribution >= 4 is 29.2 Å². The maximum atomic E-state index is 11.1. The van der Waals surface area contributed by atoms with Crippen LogP contribution in [-0.4, -0.2) is 47.6 Å². The Kier molecular flexibility index (Phi) is 5.94. The van der Waals surface area contributed by atoms with E-state index in [1.165, 1.54) is 12.1 Å². The number of hydrogen-bond acceptors (Lipinski definition) is 4. The van der Waals surface area contributed by atoms with Gasteiger partial charge in [0.25, 0.3) is 0 Å². The van der Waals surface area contributed by atoms with Crippen LogP contribution in [0, 0.1) is 4.91 Å². The van der Waals surface area contributed by atoms with Crippen LogP contribution in [0.3, 0.4) is 0 Å². The van der Waals surface area contributed by atoms with E-state index in [0.717, 1.165) is 0 Å². The first-order chi connectivity index (χ1) is 6.55. The molecule has 0 saturated heterocycles. The highest BCUT2D eigenvalue weighted by Crippen LogP contribution is 2.12. The molecule has 0 aliphatic rings. The predicted molar refractivity (Wildman–Crippen MR) is 54.6 cm³/mol. The lowest BCUT2D eigenvalue weighted by atomic mass is 10.6. The minimum absolute atomic E-state index is 0.0216. The summed E-state index contributed by atoms with van der Waals surface area (Å²) in [5.74, 6) is 0.364. The molecule has 82 valence electrons. The summed E-state index contributed by atoms with van der Waals surface area (Å²) in [6, 6.07) is -0.867. The fourth-order valence-electron chi connectivity index (χ4n) is 0.998. The van der Waals surface area contributed by atoms with Crippen LogP contribution in [0.25, 0.3) is 0 Å². The SMILES string of the molecule is CN(CCCl)[N+](CCCl)(N=O)C(N)=O. The lowest BCUT2D eigenvalue weighted by Gasteiger charge is -2.29. The van der Waals surface area contributed by atoms with Gasteiger partial charge in [0.1, 0.15) is 6.54 Å². The zero-order chi connectivity index (χ0) is 11.2. The molecule has 0 heterocycles. The Balaban J connectivity index is 4.82. The number of nitroso groups, excluding NO2 is 1. The number of carbonyl (C=O) groups is 1. The molecule has 2 amide bonds. The Morgan fingerprint density at radius 3 is 2.36 bits per heavy atom. The van der Waals surface area contributed by atoms with E-state index in [4.69, 9.17) is 28.9 Å². The van der Waals surface area contributed by atoms with Crippen LogP contribution < -0.4 is 5.73 Å². The quantitative estimate of drug-likeness (QED) is 0.326. The third kappa shape index (κ3) is 2.78. The molecule has 0 aliphatic heterocycles. The van der Waals surface area contributed by atoms with Gasteiger partial charge in [-0.3, -0.25) is 0 Å². The molecular formula is C6H13Cl2N4O2+. The first kappa shape index (κ1) is 13.6. The molecule has 1 atom stereocenters. The van der Waals surface area contributed by atoms with Gasteiger partial charge in [-0.2, -0.15) is 0 Å². The molecule has 0 rings (SSSR count). The molecular weight excluding hydrogens is 231 g/mol. The van der Waals surface area contributed by atoms with Crippen LogP contribution in [0.4, 0.5) is 4.79 Å². The van der Waals surface area contributed by atoms with Gasteiger partial charge in [0.15, 0.2) is 5.29 Å². The molecule has 1 unspecified atom stereocenters. The Labute approximate surface area is 92.0 Å². The Morgan fingerprint density at radius 2 is 2.07 bits per heavy atom. The van der Waals surface area contributed by atoms with Gasteiger partial charge in [-0.25, -0.2) is 4.79 Å². The topological polar surface area (TPSA) is 75.8 Å². The normalized spacial score (nSPS) is 15.1. The van der Waals surface area contributed by atoms with Crippen LogP contribution in [0.15, 0.2) is 5.29 Å². The zero-order valence-electron chi connectivity index (χ0n) is 7.82. The summed E-state index contributed by atoms with van der Waals surface area (Å²) < 4.78 is -0.865. The maximum Gasteiger partial charge on any atom is 0.463 e. The summed E-state index contributed by atoms with van der Waals surface area (Å²) >= 11 is 11.0. The highest BCUT2D eigenvalue weighted by atomic mass is 35.5. The number of alkyl halides is 2. The number of amides is 2. The number of halogens is 2. The van der Waals surface area contributed by atoms with Crippen LogP contribution in [0.1, 0.15) is 0 Å². The zero-order valence-corrected chi connectivity index (χ0v) is 9.33. The molecule has 14 heavy (non-hydrogen) atoms. The number of nitrogens with two attached hydrogens (primary N) is 1. The average Bonchev–Trinajstić information content (AvgIpc) is 2.14. The van der Waals surface area contributed by atoms with Crippen LogP contribution in [0.5, 0.6) is 0 Å². The number of quaternary nitrogens is 1. The highest BCUT2D eigenvalue weighted by molar-refractivity contribution is 6.18. The summed E-state index contributed by atoms with van der Waals surface area (Å²) in [5, 5.41) is 4.08. The van der Waals surface area contributed by atoms with E-state index in [0.29, 0.717) is 6.54 Å². The molecule has 0 spiro atoms. The molecule has 0 aromatic rings. The first-order valence-electron chi connectivity index (χ1n) is 3.91. The van der Waals surface area contributed by atoms with Crippen molar-refractivity contribution in [2.45, 2.75) is 0 Å². The Morgan fingerprint density at radius 1 is 1.50 bits per heavy atom. The van der Waals surface area contributed by atoms with Crippen LogP contribution in [-0.2, 0) is 0 Å². The smallest absolute Gasteiger partial charge is 0.315 e. The summed E-state index contributed by atoms with van der Waals surface area (Å²) in [6.45, 7) is 0.334. The van der Waals surface area contributed by atoms with Crippen LogP contribution in [0.2, 0.25) is 0 Å². The van der Waals surface area contributed by atoms with Gasteiger partial charge < -0.3 is 5.73 Å². The number of nitrogens with zero attached hydrogens (tertiary/aromatic N) is 3. The lowest BCUT2D eigenvalue weighted by Crippen LogP contribution is -2.61. The van der Waals surface area contributed by atoms with Crippen molar-refractivity contribution in [2.75, 3.05) is 31.9 Å².